The molecule has 2 amide bonds. The van der Waals surface area contributed by atoms with Gasteiger partial charge in [0.1, 0.15) is 5.75 Å². The van der Waals surface area contributed by atoms with Gasteiger partial charge in [-0.3, -0.25) is 20.0 Å². The number of piperidine rings is 1. The molecule has 1 fully saturated rings. The van der Waals surface area contributed by atoms with Gasteiger partial charge in [-0.25, -0.2) is 0 Å². The van der Waals surface area contributed by atoms with Gasteiger partial charge in [-0.15, -0.1) is 23.4 Å². The topological polar surface area (TPSA) is 160 Å². The van der Waals surface area contributed by atoms with Crippen molar-refractivity contribution in [2.45, 2.75) is 32.0 Å². The van der Waals surface area contributed by atoms with E-state index < -0.39 is 23.9 Å². The average Bonchev–Trinajstić information content (AvgIpc) is 3.36. The second kappa shape index (κ2) is 13.5. The number of anilines is 2. The monoisotopic (exact) mass is 606 g/mol. The number of rotatable bonds is 8. The molecule has 11 nitrogen and oxygen atoms in total. The number of amidine groups is 1. The molecule has 4 N–H and O–H groups in total. The minimum absolute atomic E-state index is 0.00975. The molecular formula is C25H25F3N8O3S2. The Balaban J connectivity index is 1.28. The zero-order valence-electron chi connectivity index (χ0n) is 21.4. The van der Waals surface area contributed by atoms with E-state index in [4.69, 9.17) is 11.1 Å². The van der Waals surface area contributed by atoms with Crippen LogP contribution >= 0.6 is 23.1 Å². The standard InChI is InChI=1S/C25H25F3N8O3S2/c26-25(27,28)39-18-8-3-5-15(11-18)12-19(37)33-23-34-35-24(41-23)36-10-4-6-16(14-36)21(29)40-22(30)32-20(38)13-17-7-1-2-9-31-17/h1-3,5,7-9,11,16,29H,4,6,10,12-14H2,(H2,30,32,38)(H,33,34,37). The number of hydrogen-bond acceptors (Lipinski definition) is 10. The lowest BCUT2D eigenvalue weighted by molar-refractivity contribution is -0.274. The fourth-order valence-electron chi connectivity index (χ4n) is 4.00. The highest BCUT2D eigenvalue weighted by Gasteiger charge is 2.31. The van der Waals surface area contributed by atoms with Crippen molar-refractivity contribution in [3.05, 3.63) is 59.9 Å². The normalized spacial score (nSPS) is 15.8. The first-order valence-corrected chi connectivity index (χ1v) is 13.9. The first kappa shape index (κ1) is 29.9. The molecule has 0 spiro atoms. The third kappa shape index (κ3) is 9.53. The van der Waals surface area contributed by atoms with Crippen molar-refractivity contribution in [3.63, 3.8) is 0 Å². The summed E-state index contributed by atoms with van der Waals surface area (Å²) in [7, 11) is 0. The number of thioether (sulfide) groups is 1. The second-order valence-corrected chi connectivity index (χ2v) is 10.9. The van der Waals surface area contributed by atoms with Gasteiger partial charge in [0.15, 0.2) is 5.17 Å². The maximum Gasteiger partial charge on any atom is 0.573 e. The molecule has 0 bridgehead atoms. The molecule has 2 aromatic heterocycles. The molecule has 0 radical (unpaired) electrons. The fraction of sp³-hybridized carbons (Fsp3) is 0.320. The van der Waals surface area contributed by atoms with Crippen LogP contribution in [0, 0.1) is 11.3 Å². The summed E-state index contributed by atoms with van der Waals surface area (Å²) in [6.07, 6.45) is -1.88. The molecule has 216 valence electrons. The Bertz CT molecular complexity index is 1420. The number of carbonyl (C=O) groups is 2. The van der Waals surface area contributed by atoms with E-state index in [1.54, 1.807) is 24.4 Å². The number of benzene rings is 1. The van der Waals surface area contributed by atoms with Gasteiger partial charge in [0.05, 0.1) is 17.9 Å². The Labute approximate surface area is 240 Å². The van der Waals surface area contributed by atoms with Gasteiger partial charge in [0, 0.05) is 30.9 Å². The molecule has 4 rings (SSSR count). The van der Waals surface area contributed by atoms with Gasteiger partial charge in [0.25, 0.3) is 5.91 Å². The second-order valence-electron chi connectivity index (χ2n) is 8.90. The lowest BCUT2D eigenvalue weighted by Gasteiger charge is -2.32. The number of ether oxygens (including phenoxy) is 1. The molecule has 1 aliphatic heterocycles. The van der Waals surface area contributed by atoms with Crippen LogP contribution in [0.3, 0.4) is 0 Å². The summed E-state index contributed by atoms with van der Waals surface area (Å²) < 4.78 is 41.3. The Morgan fingerprint density at radius 2 is 2.05 bits per heavy atom. The van der Waals surface area contributed by atoms with Gasteiger partial charge in [-0.1, -0.05) is 29.5 Å². The number of hydrogen-bond donors (Lipinski definition) is 3. The number of aliphatic imine (C=N–C) groups is 1. The van der Waals surface area contributed by atoms with E-state index >= 15 is 0 Å². The minimum atomic E-state index is -4.83. The lowest BCUT2D eigenvalue weighted by atomic mass is 10.00. The van der Waals surface area contributed by atoms with Gasteiger partial charge in [-0.05, 0) is 54.4 Å². The largest absolute Gasteiger partial charge is 0.573 e. The van der Waals surface area contributed by atoms with Gasteiger partial charge < -0.3 is 20.7 Å². The third-order valence-corrected chi connectivity index (χ3v) is 7.48. The van der Waals surface area contributed by atoms with Gasteiger partial charge >= 0.3 is 6.36 Å². The van der Waals surface area contributed by atoms with Crippen LogP contribution in [0.15, 0.2) is 53.7 Å². The molecule has 16 heteroatoms. The number of nitrogens with zero attached hydrogens (tertiary/aromatic N) is 5. The van der Waals surface area contributed by atoms with E-state index in [2.05, 4.69) is 30.2 Å². The zero-order valence-corrected chi connectivity index (χ0v) is 23.1. The van der Waals surface area contributed by atoms with Crippen LogP contribution < -0.4 is 20.7 Å². The maximum absolute atomic E-state index is 12.5. The number of nitrogens with two attached hydrogens (primary N) is 1. The predicted molar refractivity (Wildman–Crippen MR) is 150 cm³/mol. The van der Waals surface area contributed by atoms with Crippen LogP contribution in [-0.4, -0.2) is 56.7 Å². The maximum atomic E-state index is 12.5. The Morgan fingerprint density at radius 1 is 1.22 bits per heavy atom. The summed E-state index contributed by atoms with van der Waals surface area (Å²) in [5.74, 6) is -1.49. The highest BCUT2D eigenvalue weighted by atomic mass is 32.2. The van der Waals surface area contributed by atoms with Crippen LogP contribution in [0.25, 0.3) is 0 Å². The minimum Gasteiger partial charge on any atom is -0.406 e. The highest BCUT2D eigenvalue weighted by Crippen LogP contribution is 2.30. The number of alkyl halides is 3. The SMILES string of the molecule is N=C(SC(N)=NC(=O)Cc1ccccn1)C1CCCN(c2nnc(NC(=O)Cc3cccc(OC(F)(F)F)c3)s2)C1. The van der Waals surface area contributed by atoms with E-state index in [0.717, 1.165) is 48.1 Å². The molecule has 1 atom stereocenters. The molecular weight excluding hydrogens is 581 g/mol. The first-order valence-electron chi connectivity index (χ1n) is 12.3. The van der Waals surface area contributed by atoms with Crippen molar-refractivity contribution in [1.82, 2.24) is 15.2 Å². The highest BCUT2D eigenvalue weighted by molar-refractivity contribution is 8.26. The summed E-state index contributed by atoms with van der Waals surface area (Å²) in [5.41, 5.74) is 6.84. The molecule has 1 saturated heterocycles. The lowest BCUT2D eigenvalue weighted by Crippen LogP contribution is -2.38. The van der Waals surface area contributed by atoms with Crippen molar-refractivity contribution in [2.75, 3.05) is 23.3 Å². The van der Waals surface area contributed by atoms with Crippen LogP contribution in [0.1, 0.15) is 24.1 Å². The summed E-state index contributed by atoms with van der Waals surface area (Å²) in [6.45, 7) is 1.14. The van der Waals surface area contributed by atoms with Crippen LogP contribution in [0.5, 0.6) is 5.75 Å². The molecule has 1 aromatic carbocycles. The summed E-state index contributed by atoms with van der Waals surface area (Å²) in [5, 5.41) is 20.3. The van der Waals surface area contributed by atoms with Crippen molar-refractivity contribution < 1.29 is 27.5 Å². The Hall–Kier alpha value is -4.05. The summed E-state index contributed by atoms with van der Waals surface area (Å²) in [6, 6.07) is 10.4. The zero-order chi connectivity index (χ0) is 29.4. The number of nitrogens with one attached hydrogen (secondary N) is 2. The summed E-state index contributed by atoms with van der Waals surface area (Å²) >= 11 is 2.09. The quantitative estimate of drug-likeness (QED) is 0.254. The number of amides is 2. The van der Waals surface area contributed by atoms with Gasteiger partial charge in [0.2, 0.25) is 16.2 Å². The van der Waals surface area contributed by atoms with Crippen LogP contribution in [-0.2, 0) is 22.4 Å². The van der Waals surface area contributed by atoms with Crippen molar-refractivity contribution in [2.24, 2.45) is 16.6 Å². The van der Waals surface area contributed by atoms with E-state index in [0.29, 0.717) is 29.5 Å². The number of carbonyl (C=O) groups excluding carboxylic acids is 2. The number of pyridine rings is 1. The molecule has 3 aromatic rings. The molecule has 1 aliphatic rings. The van der Waals surface area contributed by atoms with Crippen molar-refractivity contribution in [1.29, 1.82) is 5.41 Å². The molecule has 41 heavy (non-hydrogen) atoms. The van der Waals surface area contributed by atoms with E-state index in [1.165, 1.54) is 12.1 Å². The van der Waals surface area contributed by atoms with Crippen LogP contribution in [0.2, 0.25) is 0 Å². The summed E-state index contributed by atoms with van der Waals surface area (Å²) in [4.78, 5) is 34.5. The smallest absolute Gasteiger partial charge is 0.406 e. The molecule has 0 saturated carbocycles. The first-order chi connectivity index (χ1) is 19.5. The Morgan fingerprint density at radius 3 is 2.80 bits per heavy atom. The van der Waals surface area contributed by atoms with Crippen molar-refractivity contribution in [3.8, 4) is 5.75 Å². The predicted octanol–water partition coefficient (Wildman–Crippen LogP) is 4.02. The number of halogens is 3. The molecule has 0 aliphatic carbocycles. The van der Waals surface area contributed by atoms with E-state index in [-0.39, 0.29) is 34.1 Å². The fourth-order valence-corrected chi connectivity index (χ4v) is 5.53. The third-order valence-electron chi connectivity index (χ3n) is 5.73. The van der Waals surface area contributed by atoms with Crippen LogP contribution in [0.4, 0.5) is 23.4 Å². The number of aromatic nitrogens is 3. The van der Waals surface area contributed by atoms with Gasteiger partial charge in [-0.2, -0.15) is 4.99 Å². The Kier molecular flexibility index (Phi) is 9.88. The molecule has 3 heterocycles. The molecule has 1 unspecified atom stereocenters. The van der Waals surface area contributed by atoms with E-state index in [1.807, 2.05) is 4.90 Å². The average molecular weight is 607 g/mol. The van der Waals surface area contributed by atoms with Crippen molar-refractivity contribution >= 4 is 55.4 Å². The van der Waals surface area contributed by atoms with E-state index in [9.17, 15) is 22.8 Å².